The molecule has 2 heterocycles. The highest BCUT2D eigenvalue weighted by Gasteiger charge is 2.45. The average molecular weight is 518 g/mol. The summed E-state index contributed by atoms with van der Waals surface area (Å²) in [7, 11) is 4.52. The van der Waals surface area contributed by atoms with E-state index in [1.807, 2.05) is 6.92 Å². The summed E-state index contributed by atoms with van der Waals surface area (Å²) in [6.07, 6.45) is 0.682. The van der Waals surface area contributed by atoms with Crippen molar-refractivity contribution < 1.29 is 28.9 Å². The molecule has 0 unspecified atom stereocenters. The van der Waals surface area contributed by atoms with Gasteiger partial charge < -0.3 is 29.1 Å². The maximum absolute atomic E-state index is 13.8. The number of carbonyl (C=O) groups is 2. The van der Waals surface area contributed by atoms with Gasteiger partial charge in [-0.15, -0.1) is 11.3 Å². The van der Waals surface area contributed by atoms with E-state index in [0.29, 0.717) is 46.3 Å². The molecule has 0 bridgehead atoms. The Morgan fingerprint density at radius 2 is 1.72 bits per heavy atom. The van der Waals surface area contributed by atoms with Crippen molar-refractivity contribution in [3.8, 4) is 17.2 Å². The van der Waals surface area contributed by atoms with E-state index in [9.17, 15) is 14.7 Å². The third-order valence-corrected chi connectivity index (χ3v) is 7.50. The number of ketones is 1. The zero-order chi connectivity index (χ0) is 26.6. The minimum atomic E-state index is -0.822. The molecule has 1 atom stereocenters. The molecular formula is C26H35N3O6S. The zero-order valence-electron chi connectivity index (χ0n) is 22.0. The SMILES string of the molecule is CCN(CC)CCCN1C(=O)C(O)=C(C(=O)c2sc(C)nc2C)[C@@H]1c1cc(OC)c(OC)c(OC)c1. The second-order valence-electron chi connectivity index (χ2n) is 8.48. The molecule has 1 aromatic heterocycles. The van der Waals surface area contributed by atoms with Crippen molar-refractivity contribution in [2.24, 2.45) is 0 Å². The van der Waals surface area contributed by atoms with Gasteiger partial charge in [0.1, 0.15) is 0 Å². The van der Waals surface area contributed by atoms with Gasteiger partial charge in [0, 0.05) is 6.54 Å². The van der Waals surface area contributed by atoms with E-state index in [1.165, 1.54) is 32.7 Å². The number of thiazole rings is 1. The van der Waals surface area contributed by atoms with Crippen molar-refractivity contribution in [2.75, 3.05) is 47.5 Å². The molecule has 196 valence electrons. The van der Waals surface area contributed by atoms with Crippen LogP contribution >= 0.6 is 11.3 Å². The lowest BCUT2D eigenvalue weighted by Crippen LogP contribution is -2.34. The molecule has 0 spiro atoms. The van der Waals surface area contributed by atoms with E-state index in [2.05, 4.69) is 23.7 Å². The van der Waals surface area contributed by atoms with Crippen LogP contribution in [0, 0.1) is 13.8 Å². The van der Waals surface area contributed by atoms with Gasteiger partial charge >= 0.3 is 0 Å². The highest BCUT2D eigenvalue weighted by Crippen LogP contribution is 2.46. The number of Topliss-reactive ketones (excluding diaryl/α,β-unsaturated/α-hetero) is 1. The maximum atomic E-state index is 13.8. The molecule has 3 rings (SSSR count). The predicted octanol–water partition coefficient (Wildman–Crippen LogP) is 4.10. The average Bonchev–Trinajstić information content (AvgIpc) is 3.35. The van der Waals surface area contributed by atoms with Crippen LogP contribution in [0.4, 0.5) is 0 Å². The summed E-state index contributed by atoms with van der Waals surface area (Å²) < 4.78 is 16.5. The first-order valence-corrected chi connectivity index (χ1v) is 12.8. The summed E-state index contributed by atoms with van der Waals surface area (Å²) in [5, 5.41) is 11.7. The Kier molecular flexibility index (Phi) is 8.97. The molecule has 1 aliphatic heterocycles. The van der Waals surface area contributed by atoms with Crippen molar-refractivity contribution in [3.63, 3.8) is 0 Å². The topological polar surface area (TPSA) is 101 Å². The molecule has 36 heavy (non-hydrogen) atoms. The fourth-order valence-electron chi connectivity index (χ4n) is 4.59. The number of hydrogen-bond acceptors (Lipinski definition) is 9. The monoisotopic (exact) mass is 517 g/mol. The number of ether oxygens (including phenoxy) is 3. The van der Waals surface area contributed by atoms with Crippen molar-refractivity contribution in [3.05, 3.63) is 44.6 Å². The Balaban J connectivity index is 2.12. The quantitative estimate of drug-likeness (QED) is 0.420. The number of aromatic nitrogens is 1. The normalized spacial score (nSPS) is 15.7. The van der Waals surface area contributed by atoms with E-state index in [4.69, 9.17) is 14.2 Å². The number of carbonyl (C=O) groups excluding carboxylic acids is 2. The van der Waals surface area contributed by atoms with Crippen LogP contribution in [0.25, 0.3) is 0 Å². The second kappa shape index (κ2) is 11.7. The smallest absolute Gasteiger partial charge is 0.290 e. The van der Waals surface area contributed by atoms with Gasteiger partial charge in [0.25, 0.3) is 5.91 Å². The lowest BCUT2D eigenvalue weighted by Gasteiger charge is -2.29. The van der Waals surface area contributed by atoms with Crippen LogP contribution in [0.5, 0.6) is 17.2 Å². The number of hydrogen-bond donors (Lipinski definition) is 1. The van der Waals surface area contributed by atoms with Gasteiger partial charge in [-0.25, -0.2) is 4.98 Å². The van der Waals surface area contributed by atoms with E-state index in [-0.39, 0.29) is 5.57 Å². The summed E-state index contributed by atoms with van der Waals surface area (Å²) in [4.78, 5) is 35.7. The van der Waals surface area contributed by atoms with Gasteiger partial charge in [-0.1, -0.05) is 13.8 Å². The van der Waals surface area contributed by atoms with Crippen molar-refractivity contribution in [1.29, 1.82) is 0 Å². The summed E-state index contributed by atoms with van der Waals surface area (Å²) in [5.74, 6) is -0.330. The van der Waals surface area contributed by atoms with Crippen LogP contribution in [0.1, 0.15) is 52.2 Å². The van der Waals surface area contributed by atoms with E-state index in [1.54, 1.807) is 24.0 Å². The highest BCUT2D eigenvalue weighted by atomic mass is 32.1. The molecular weight excluding hydrogens is 482 g/mol. The molecule has 0 saturated carbocycles. The maximum Gasteiger partial charge on any atom is 0.290 e. The molecule has 0 radical (unpaired) electrons. The second-order valence-corrected chi connectivity index (χ2v) is 9.68. The van der Waals surface area contributed by atoms with Crippen LogP contribution in [-0.4, -0.2) is 79.1 Å². The number of methoxy groups -OCH3 is 3. The Bertz CT molecular complexity index is 1130. The molecule has 1 aromatic carbocycles. The first-order valence-electron chi connectivity index (χ1n) is 12.0. The molecule has 0 saturated heterocycles. The summed E-state index contributed by atoms with van der Waals surface area (Å²) >= 11 is 1.25. The van der Waals surface area contributed by atoms with Crippen LogP contribution < -0.4 is 14.2 Å². The summed E-state index contributed by atoms with van der Waals surface area (Å²) in [6.45, 7) is 10.7. The fraction of sp³-hybridized carbons (Fsp3) is 0.500. The van der Waals surface area contributed by atoms with Crippen molar-refractivity contribution >= 4 is 23.0 Å². The van der Waals surface area contributed by atoms with Crippen LogP contribution in [0.3, 0.4) is 0 Å². The molecule has 1 aliphatic rings. The molecule has 2 aromatic rings. The summed E-state index contributed by atoms with van der Waals surface area (Å²) in [6, 6.07) is 2.61. The van der Waals surface area contributed by atoms with E-state index in [0.717, 1.165) is 24.6 Å². The predicted molar refractivity (Wildman–Crippen MR) is 139 cm³/mol. The standard InChI is InChI=1S/C26H35N3O6S/c1-8-28(9-2)11-10-12-29-21(17-13-18(33-5)24(35-7)19(14-17)34-6)20(23(31)26(29)32)22(30)25-15(3)27-16(4)36-25/h13-14,21,31H,8-12H2,1-7H3/t21-/m0/s1. The lowest BCUT2D eigenvalue weighted by molar-refractivity contribution is -0.129. The van der Waals surface area contributed by atoms with Gasteiger partial charge in [0.2, 0.25) is 11.5 Å². The first-order chi connectivity index (χ1) is 17.2. The summed E-state index contributed by atoms with van der Waals surface area (Å²) in [5.41, 5.74) is 1.18. The van der Waals surface area contributed by atoms with Gasteiger partial charge in [0.05, 0.1) is 48.5 Å². The Morgan fingerprint density at radius 1 is 1.11 bits per heavy atom. The van der Waals surface area contributed by atoms with Gasteiger partial charge in [-0.2, -0.15) is 0 Å². The highest BCUT2D eigenvalue weighted by molar-refractivity contribution is 7.14. The number of aliphatic hydroxyl groups excluding tert-OH is 1. The van der Waals surface area contributed by atoms with Gasteiger partial charge in [0.15, 0.2) is 17.3 Å². The molecule has 9 nitrogen and oxygen atoms in total. The van der Waals surface area contributed by atoms with Crippen molar-refractivity contribution in [1.82, 2.24) is 14.8 Å². The van der Waals surface area contributed by atoms with Gasteiger partial charge in [-0.3, -0.25) is 9.59 Å². The number of aliphatic hydroxyl groups is 1. The third kappa shape index (κ3) is 5.19. The number of amides is 1. The Morgan fingerprint density at radius 3 is 2.19 bits per heavy atom. The number of aryl methyl sites for hydroxylation is 2. The zero-order valence-corrected chi connectivity index (χ0v) is 22.8. The third-order valence-electron chi connectivity index (χ3n) is 6.43. The number of rotatable bonds is 12. The fourth-order valence-corrected chi connectivity index (χ4v) is 5.46. The molecule has 10 heteroatoms. The molecule has 1 N–H and O–H groups in total. The van der Waals surface area contributed by atoms with Crippen LogP contribution in [-0.2, 0) is 4.79 Å². The van der Waals surface area contributed by atoms with E-state index >= 15 is 0 Å². The minimum Gasteiger partial charge on any atom is -0.503 e. The molecule has 0 aliphatic carbocycles. The van der Waals surface area contributed by atoms with Crippen LogP contribution in [0.2, 0.25) is 0 Å². The van der Waals surface area contributed by atoms with Crippen LogP contribution in [0.15, 0.2) is 23.5 Å². The van der Waals surface area contributed by atoms with Crippen molar-refractivity contribution in [2.45, 2.75) is 40.2 Å². The van der Waals surface area contributed by atoms with E-state index < -0.39 is 23.5 Å². The molecule has 1 amide bonds. The minimum absolute atomic E-state index is 0.0314. The first kappa shape index (κ1) is 27.5. The largest absolute Gasteiger partial charge is 0.503 e. The Labute approximate surface area is 216 Å². The number of benzene rings is 1. The Hall–Kier alpha value is -3.11. The number of nitrogens with zero attached hydrogens (tertiary/aromatic N) is 3. The van der Waals surface area contributed by atoms with Gasteiger partial charge in [-0.05, 0) is 57.6 Å². The lowest BCUT2D eigenvalue weighted by atomic mass is 9.94. The molecule has 0 fully saturated rings.